The van der Waals surface area contributed by atoms with Gasteiger partial charge in [-0.2, -0.15) is 0 Å². The number of hydrogen-bond acceptors (Lipinski definition) is 15. The molecule has 0 aromatic carbocycles. The third-order valence-corrected chi connectivity index (χ3v) is 20.6. The minimum absolute atomic E-state index is 0.106. The molecular weight excluding hydrogens is 1250 g/mol. The smallest absolute Gasteiger partial charge is 0.462 e. The quantitative estimate of drug-likeness (QED) is 0.0222. The first kappa shape index (κ1) is 93.1. The molecule has 5 unspecified atom stereocenters. The molecule has 19 heteroatoms. The van der Waals surface area contributed by atoms with Crippen molar-refractivity contribution in [1.82, 2.24) is 0 Å². The number of hydrogen-bond donors (Lipinski definition) is 3. The normalized spacial score (nSPS) is 14.9. The van der Waals surface area contributed by atoms with Gasteiger partial charge in [0.25, 0.3) is 0 Å². The number of esters is 4. The standard InChI is InChI=1S/C76H148O17P2/c1-8-12-13-14-15-16-17-18-19-20-21-29-38-45-52-59-75(80)92-71(63-86-73(78)57-50-43-36-28-24-22-26-33-40-47-54-67(5)9-2)65-90-94(82,83)88-61-70(77)62-89-95(84,85)91-66-72(64-87-74(79)58-51-44-37-32-31-35-42-49-56-69(7)11-4)93-76(81)60-53-46-39-30-25-23-27-34-41-48-55-68(6)10-3/h67-72,77H,8-66H2,1-7H3,(H,82,83)(H,84,85)/t67?,68?,69?,70-,71-,72-/m1/s1. The maximum atomic E-state index is 13.1. The first-order valence-electron chi connectivity index (χ1n) is 39.5. The van der Waals surface area contributed by atoms with E-state index in [0.717, 1.165) is 108 Å². The summed E-state index contributed by atoms with van der Waals surface area (Å²) in [7, 11) is -9.91. The Balaban J connectivity index is 5.29. The molecule has 0 saturated heterocycles. The van der Waals surface area contributed by atoms with E-state index >= 15 is 0 Å². The number of carbonyl (C=O) groups is 4. The van der Waals surface area contributed by atoms with Crippen LogP contribution in [0.15, 0.2) is 0 Å². The minimum Gasteiger partial charge on any atom is -0.462 e. The molecule has 0 amide bonds. The van der Waals surface area contributed by atoms with Crippen molar-refractivity contribution in [3.05, 3.63) is 0 Å². The molecule has 0 rings (SSSR count). The average Bonchev–Trinajstić information content (AvgIpc) is 1.87. The Hall–Kier alpha value is -1.94. The van der Waals surface area contributed by atoms with Crippen molar-refractivity contribution in [3.8, 4) is 0 Å². The van der Waals surface area contributed by atoms with Crippen LogP contribution in [0.5, 0.6) is 0 Å². The van der Waals surface area contributed by atoms with Gasteiger partial charge in [-0.15, -0.1) is 0 Å². The molecule has 0 aliphatic carbocycles. The minimum atomic E-state index is -4.96. The molecule has 0 aromatic rings. The molecule has 8 atom stereocenters. The van der Waals surface area contributed by atoms with Crippen LogP contribution in [0.2, 0.25) is 0 Å². The molecule has 0 fully saturated rings. The molecule has 564 valence electrons. The first-order chi connectivity index (χ1) is 45.8. The van der Waals surface area contributed by atoms with Crippen molar-refractivity contribution >= 4 is 39.5 Å². The first-order valence-corrected chi connectivity index (χ1v) is 42.5. The number of phosphoric ester groups is 2. The van der Waals surface area contributed by atoms with Crippen LogP contribution in [0.3, 0.4) is 0 Å². The van der Waals surface area contributed by atoms with E-state index < -0.39 is 97.5 Å². The van der Waals surface area contributed by atoms with Gasteiger partial charge in [0, 0.05) is 25.7 Å². The highest BCUT2D eigenvalue weighted by atomic mass is 31.2. The molecule has 0 bridgehead atoms. The SMILES string of the molecule is CCCCCCCCCCCCCCCCCC(=O)O[C@H](COC(=O)CCCCCCCCCCCCC(C)CC)COP(=O)(O)OC[C@@H](O)COP(=O)(O)OC[C@@H](COC(=O)CCCCCCCCCCC(C)CC)OC(=O)CCCCCCCCCCCCC(C)CC. The lowest BCUT2D eigenvalue weighted by molar-refractivity contribution is -0.161. The number of phosphoric acid groups is 2. The summed E-state index contributed by atoms with van der Waals surface area (Å²) < 4.78 is 68.6. The Morgan fingerprint density at radius 3 is 0.747 bits per heavy atom. The molecular formula is C76H148O17P2. The lowest BCUT2D eigenvalue weighted by Crippen LogP contribution is -2.30. The second-order valence-electron chi connectivity index (χ2n) is 28.1. The van der Waals surface area contributed by atoms with Gasteiger partial charge in [0.15, 0.2) is 12.2 Å². The van der Waals surface area contributed by atoms with Crippen molar-refractivity contribution in [2.75, 3.05) is 39.6 Å². The van der Waals surface area contributed by atoms with Crippen LogP contribution in [0.4, 0.5) is 0 Å². The van der Waals surface area contributed by atoms with Gasteiger partial charge in [0.1, 0.15) is 19.3 Å². The number of carbonyl (C=O) groups excluding carboxylic acids is 4. The second kappa shape index (κ2) is 66.6. The molecule has 0 radical (unpaired) electrons. The topological polar surface area (TPSA) is 237 Å². The molecule has 0 spiro atoms. The maximum absolute atomic E-state index is 13.1. The van der Waals surface area contributed by atoms with Gasteiger partial charge >= 0.3 is 39.5 Å². The summed E-state index contributed by atoms with van der Waals surface area (Å²) in [5.41, 5.74) is 0. The number of aliphatic hydroxyl groups is 1. The highest BCUT2D eigenvalue weighted by molar-refractivity contribution is 7.47. The molecule has 0 heterocycles. The molecule has 0 saturated carbocycles. The Morgan fingerprint density at radius 1 is 0.295 bits per heavy atom. The molecule has 0 aliphatic heterocycles. The van der Waals surface area contributed by atoms with Crippen molar-refractivity contribution < 1.29 is 80.2 Å². The molecule has 17 nitrogen and oxygen atoms in total. The van der Waals surface area contributed by atoms with Crippen molar-refractivity contribution in [2.24, 2.45) is 17.8 Å². The third kappa shape index (κ3) is 66.4. The van der Waals surface area contributed by atoms with Gasteiger partial charge in [-0.25, -0.2) is 9.13 Å². The van der Waals surface area contributed by atoms with Crippen LogP contribution in [-0.4, -0.2) is 96.7 Å². The van der Waals surface area contributed by atoms with Gasteiger partial charge in [0.05, 0.1) is 26.4 Å². The molecule has 95 heavy (non-hydrogen) atoms. The van der Waals surface area contributed by atoms with Crippen LogP contribution in [-0.2, 0) is 65.4 Å². The van der Waals surface area contributed by atoms with E-state index in [4.69, 9.17) is 37.0 Å². The fraction of sp³-hybridized carbons (Fsp3) is 0.947. The molecule has 3 N–H and O–H groups in total. The summed E-state index contributed by atoms with van der Waals surface area (Å²) in [5.74, 6) is 0.274. The monoisotopic (exact) mass is 1400 g/mol. The van der Waals surface area contributed by atoms with Gasteiger partial charge in [-0.3, -0.25) is 37.3 Å². The number of unbranched alkanes of at least 4 members (excludes halogenated alkanes) is 39. The number of ether oxygens (including phenoxy) is 4. The highest BCUT2D eigenvalue weighted by Crippen LogP contribution is 2.45. The lowest BCUT2D eigenvalue weighted by Gasteiger charge is -2.21. The van der Waals surface area contributed by atoms with Gasteiger partial charge in [-0.1, -0.05) is 337 Å². The van der Waals surface area contributed by atoms with Crippen LogP contribution >= 0.6 is 15.6 Å². The summed E-state index contributed by atoms with van der Waals surface area (Å²) >= 11 is 0. The predicted molar refractivity (Wildman–Crippen MR) is 386 cm³/mol. The fourth-order valence-corrected chi connectivity index (χ4v) is 13.1. The average molecular weight is 1400 g/mol. The zero-order chi connectivity index (χ0) is 70.1. The van der Waals surface area contributed by atoms with Crippen LogP contribution in [0, 0.1) is 17.8 Å². The van der Waals surface area contributed by atoms with Crippen molar-refractivity contribution in [3.63, 3.8) is 0 Å². The fourth-order valence-electron chi connectivity index (χ4n) is 11.5. The predicted octanol–water partition coefficient (Wildman–Crippen LogP) is 22.2. The molecule has 0 aliphatic rings. The van der Waals surface area contributed by atoms with E-state index in [9.17, 15) is 43.2 Å². The van der Waals surface area contributed by atoms with E-state index in [1.807, 2.05) is 0 Å². The largest absolute Gasteiger partial charge is 0.472 e. The van der Waals surface area contributed by atoms with Crippen LogP contribution in [0.25, 0.3) is 0 Å². The third-order valence-electron chi connectivity index (χ3n) is 18.7. The summed E-state index contributed by atoms with van der Waals surface area (Å²) in [6.45, 7) is 12.0. The zero-order valence-electron chi connectivity index (χ0n) is 62.1. The summed E-state index contributed by atoms with van der Waals surface area (Å²) in [5, 5.41) is 10.6. The Kier molecular flexibility index (Phi) is 65.2. The lowest BCUT2D eigenvalue weighted by atomic mass is 9.99. The Morgan fingerprint density at radius 2 is 0.505 bits per heavy atom. The summed E-state index contributed by atoms with van der Waals surface area (Å²) in [6.07, 6.45) is 52.4. The Labute approximate surface area is 581 Å². The highest BCUT2D eigenvalue weighted by Gasteiger charge is 2.30. The number of aliphatic hydroxyl groups excluding tert-OH is 1. The van der Waals surface area contributed by atoms with Crippen molar-refractivity contribution in [1.29, 1.82) is 0 Å². The van der Waals surface area contributed by atoms with E-state index in [0.29, 0.717) is 25.7 Å². The van der Waals surface area contributed by atoms with Gasteiger partial charge in [0.2, 0.25) is 0 Å². The number of rotatable bonds is 74. The second-order valence-corrected chi connectivity index (χ2v) is 31.0. The van der Waals surface area contributed by atoms with Gasteiger partial charge < -0.3 is 33.8 Å². The van der Waals surface area contributed by atoms with E-state index in [1.165, 1.54) is 199 Å². The van der Waals surface area contributed by atoms with E-state index in [2.05, 4.69) is 48.5 Å². The van der Waals surface area contributed by atoms with Crippen LogP contribution < -0.4 is 0 Å². The van der Waals surface area contributed by atoms with Crippen molar-refractivity contribution in [2.45, 2.75) is 407 Å². The molecule has 0 aromatic heterocycles. The van der Waals surface area contributed by atoms with Gasteiger partial charge in [-0.05, 0) is 43.4 Å². The summed E-state index contributed by atoms with van der Waals surface area (Å²) in [6, 6.07) is 0. The zero-order valence-corrected chi connectivity index (χ0v) is 63.9. The van der Waals surface area contributed by atoms with Crippen LogP contribution in [0.1, 0.15) is 389 Å². The maximum Gasteiger partial charge on any atom is 0.472 e. The van der Waals surface area contributed by atoms with E-state index in [-0.39, 0.29) is 25.7 Å². The Bertz CT molecular complexity index is 1860. The summed E-state index contributed by atoms with van der Waals surface area (Å²) in [4.78, 5) is 72.9. The van der Waals surface area contributed by atoms with E-state index in [1.54, 1.807) is 0 Å².